The van der Waals surface area contributed by atoms with Crippen LogP contribution in [0.2, 0.25) is 0 Å². The number of methoxy groups -OCH3 is 1. The molecule has 2 aliphatic rings. The standard InChI is InChI=1S/C24H34N4O4/c1-6-7-20(30)28-14-24(12-27(13-24)23(31)25-15(2)3)21-17-9-8-16(32-5)10-18(17)26(4)22(21)19(28)11-29/h8-10,15,19,29H,6-7,11-14H2,1-5H3,(H,25,31)/t19-/m1/s1. The number of fused-ring (bicyclic) bond motifs is 4. The number of carbonyl (C=O) groups excluding carboxylic acids is 2. The third-order valence-corrected chi connectivity index (χ3v) is 6.79. The molecular weight excluding hydrogens is 408 g/mol. The van der Waals surface area contributed by atoms with Gasteiger partial charge in [-0.3, -0.25) is 4.79 Å². The number of hydrogen-bond acceptors (Lipinski definition) is 4. The Kier molecular flexibility index (Phi) is 5.83. The number of aryl methyl sites for hydroxylation is 1. The molecule has 0 aliphatic carbocycles. The van der Waals surface area contributed by atoms with Crippen LogP contribution in [-0.2, 0) is 17.3 Å². The van der Waals surface area contributed by atoms with Crippen LogP contribution >= 0.6 is 0 Å². The summed E-state index contributed by atoms with van der Waals surface area (Å²) in [6, 6.07) is 5.58. The molecule has 4 rings (SSSR count). The van der Waals surface area contributed by atoms with Gasteiger partial charge in [0, 0.05) is 56.3 Å². The zero-order chi connectivity index (χ0) is 23.2. The smallest absolute Gasteiger partial charge is 0.317 e. The van der Waals surface area contributed by atoms with Crippen molar-refractivity contribution in [2.75, 3.05) is 33.4 Å². The van der Waals surface area contributed by atoms with Crippen LogP contribution in [0.1, 0.15) is 50.9 Å². The zero-order valence-corrected chi connectivity index (χ0v) is 19.6. The predicted molar refractivity (Wildman–Crippen MR) is 123 cm³/mol. The normalized spacial score (nSPS) is 19.3. The number of ether oxygens (including phenoxy) is 1. The summed E-state index contributed by atoms with van der Waals surface area (Å²) in [5.74, 6) is 0.806. The van der Waals surface area contributed by atoms with E-state index in [2.05, 4.69) is 16.0 Å². The summed E-state index contributed by atoms with van der Waals surface area (Å²) >= 11 is 0. The monoisotopic (exact) mass is 442 g/mol. The largest absolute Gasteiger partial charge is 0.497 e. The van der Waals surface area contributed by atoms with E-state index in [0.29, 0.717) is 26.1 Å². The van der Waals surface area contributed by atoms with Crippen molar-refractivity contribution in [3.8, 4) is 5.75 Å². The van der Waals surface area contributed by atoms with Gasteiger partial charge >= 0.3 is 6.03 Å². The molecule has 0 unspecified atom stereocenters. The molecule has 3 heterocycles. The fourth-order valence-corrected chi connectivity index (χ4v) is 5.40. The van der Waals surface area contributed by atoms with E-state index in [4.69, 9.17) is 4.74 Å². The summed E-state index contributed by atoms with van der Waals surface area (Å²) in [4.78, 5) is 29.4. The number of nitrogens with one attached hydrogen (secondary N) is 1. The van der Waals surface area contributed by atoms with Crippen molar-refractivity contribution in [1.82, 2.24) is 19.7 Å². The maximum Gasteiger partial charge on any atom is 0.317 e. The average Bonchev–Trinajstić information content (AvgIpc) is 3.03. The summed E-state index contributed by atoms with van der Waals surface area (Å²) in [5, 5.41) is 14.4. The number of likely N-dealkylation sites (tertiary alicyclic amines) is 1. The second-order valence-electron chi connectivity index (χ2n) is 9.41. The lowest BCUT2D eigenvalue weighted by atomic mass is 9.68. The molecule has 0 saturated carbocycles. The van der Waals surface area contributed by atoms with E-state index in [1.165, 1.54) is 0 Å². The number of aliphatic hydroxyl groups excluding tert-OH is 1. The maximum absolute atomic E-state index is 13.1. The average molecular weight is 443 g/mol. The molecule has 1 aromatic carbocycles. The van der Waals surface area contributed by atoms with Gasteiger partial charge in [0.2, 0.25) is 5.91 Å². The van der Waals surface area contributed by atoms with Crippen molar-refractivity contribution in [3.63, 3.8) is 0 Å². The fourth-order valence-electron chi connectivity index (χ4n) is 5.40. The number of aliphatic hydroxyl groups is 1. The van der Waals surface area contributed by atoms with Crippen molar-refractivity contribution in [2.45, 2.75) is 51.1 Å². The number of hydrogen-bond donors (Lipinski definition) is 2. The third-order valence-electron chi connectivity index (χ3n) is 6.79. The minimum atomic E-state index is -0.406. The van der Waals surface area contributed by atoms with E-state index in [-0.39, 0.29) is 30.0 Å². The molecule has 1 atom stereocenters. The number of urea groups is 1. The molecule has 1 fully saturated rings. The second kappa shape index (κ2) is 8.31. The van der Waals surface area contributed by atoms with Gasteiger partial charge in [-0.25, -0.2) is 4.79 Å². The van der Waals surface area contributed by atoms with E-state index >= 15 is 0 Å². The highest BCUT2D eigenvalue weighted by Crippen LogP contribution is 2.49. The summed E-state index contributed by atoms with van der Waals surface area (Å²) in [7, 11) is 3.62. The van der Waals surface area contributed by atoms with Gasteiger partial charge in [0.05, 0.1) is 30.7 Å². The minimum absolute atomic E-state index is 0.0458. The molecule has 0 radical (unpaired) electrons. The Labute approximate surface area is 189 Å². The van der Waals surface area contributed by atoms with E-state index < -0.39 is 6.04 Å². The lowest BCUT2D eigenvalue weighted by Crippen LogP contribution is -2.69. The van der Waals surface area contributed by atoms with E-state index in [9.17, 15) is 14.7 Å². The fraction of sp³-hybridized carbons (Fsp3) is 0.583. The van der Waals surface area contributed by atoms with Gasteiger partial charge in [-0.1, -0.05) is 6.92 Å². The van der Waals surface area contributed by atoms with Crippen LogP contribution in [0.5, 0.6) is 5.75 Å². The van der Waals surface area contributed by atoms with Crippen LogP contribution in [0.15, 0.2) is 18.2 Å². The summed E-state index contributed by atoms with van der Waals surface area (Å²) in [5.41, 5.74) is 2.75. The number of amides is 3. The Morgan fingerprint density at radius 3 is 2.59 bits per heavy atom. The number of nitrogens with zero attached hydrogens (tertiary/aromatic N) is 3. The second-order valence-corrected chi connectivity index (χ2v) is 9.41. The van der Waals surface area contributed by atoms with Crippen LogP contribution in [-0.4, -0.2) is 70.8 Å². The number of benzene rings is 1. The first-order valence-electron chi connectivity index (χ1n) is 11.4. The van der Waals surface area contributed by atoms with E-state index in [1.54, 1.807) is 7.11 Å². The molecule has 1 spiro atoms. The Bertz CT molecular complexity index is 1040. The molecule has 1 aromatic heterocycles. The Morgan fingerprint density at radius 1 is 1.28 bits per heavy atom. The first-order valence-corrected chi connectivity index (χ1v) is 11.4. The number of rotatable bonds is 5. The molecule has 3 amide bonds. The van der Waals surface area contributed by atoms with Gasteiger partial charge in [-0.15, -0.1) is 0 Å². The van der Waals surface area contributed by atoms with Crippen molar-refractivity contribution in [2.24, 2.45) is 7.05 Å². The predicted octanol–water partition coefficient (Wildman–Crippen LogP) is 2.53. The third kappa shape index (κ3) is 3.41. The molecule has 2 N–H and O–H groups in total. The van der Waals surface area contributed by atoms with Gasteiger partial charge < -0.3 is 29.5 Å². The van der Waals surface area contributed by atoms with Gasteiger partial charge in [0.15, 0.2) is 0 Å². The van der Waals surface area contributed by atoms with Crippen LogP contribution in [0.25, 0.3) is 10.9 Å². The first-order chi connectivity index (χ1) is 15.3. The summed E-state index contributed by atoms with van der Waals surface area (Å²) in [6.45, 7) is 7.32. The van der Waals surface area contributed by atoms with E-state index in [0.717, 1.165) is 34.3 Å². The maximum atomic E-state index is 13.1. The van der Waals surface area contributed by atoms with Crippen molar-refractivity contribution >= 4 is 22.8 Å². The molecule has 174 valence electrons. The Balaban J connectivity index is 1.84. The van der Waals surface area contributed by atoms with Crippen LogP contribution in [0, 0.1) is 0 Å². The summed E-state index contributed by atoms with van der Waals surface area (Å²) < 4.78 is 7.52. The molecule has 2 aliphatic heterocycles. The van der Waals surface area contributed by atoms with Crippen LogP contribution < -0.4 is 10.1 Å². The molecule has 8 nitrogen and oxygen atoms in total. The van der Waals surface area contributed by atoms with Gasteiger partial charge in [0.25, 0.3) is 0 Å². The van der Waals surface area contributed by atoms with Crippen molar-refractivity contribution in [1.29, 1.82) is 0 Å². The van der Waals surface area contributed by atoms with Crippen LogP contribution in [0.4, 0.5) is 4.79 Å². The van der Waals surface area contributed by atoms with E-state index in [1.807, 2.05) is 49.8 Å². The zero-order valence-electron chi connectivity index (χ0n) is 19.6. The molecule has 32 heavy (non-hydrogen) atoms. The molecule has 2 aromatic rings. The minimum Gasteiger partial charge on any atom is -0.497 e. The molecule has 8 heteroatoms. The van der Waals surface area contributed by atoms with Crippen molar-refractivity contribution in [3.05, 3.63) is 29.5 Å². The van der Waals surface area contributed by atoms with Gasteiger partial charge in [-0.05, 0) is 38.0 Å². The topological polar surface area (TPSA) is 87.0 Å². The Morgan fingerprint density at radius 2 is 2.00 bits per heavy atom. The Hall–Kier alpha value is -2.74. The highest BCUT2D eigenvalue weighted by molar-refractivity contribution is 5.90. The molecular formula is C24H34N4O4. The number of aromatic nitrogens is 1. The first kappa shape index (κ1) is 22.5. The molecule has 0 bridgehead atoms. The lowest BCUT2D eigenvalue weighted by Gasteiger charge is -2.56. The SMILES string of the molecule is CCCC(=O)N1CC2(CN(C(=O)NC(C)C)C2)c2c(n(C)c3cc(OC)ccc23)[C@H]1CO. The molecule has 1 saturated heterocycles. The highest BCUT2D eigenvalue weighted by atomic mass is 16.5. The van der Waals surface area contributed by atoms with Gasteiger partial charge in [0.1, 0.15) is 5.75 Å². The number of carbonyl (C=O) groups is 2. The quantitative estimate of drug-likeness (QED) is 0.745. The lowest BCUT2D eigenvalue weighted by molar-refractivity contribution is -0.138. The summed E-state index contributed by atoms with van der Waals surface area (Å²) in [6.07, 6.45) is 1.19. The van der Waals surface area contributed by atoms with Gasteiger partial charge in [-0.2, -0.15) is 0 Å². The van der Waals surface area contributed by atoms with Crippen molar-refractivity contribution < 1.29 is 19.4 Å². The van der Waals surface area contributed by atoms with Crippen LogP contribution in [0.3, 0.4) is 0 Å². The highest BCUT2D eigenvalue weighted by Gasteiger charge is 2.55.